The van der Waals surface area contributed by atoms with E-state index in [9.17, 15) is 9.59 Å². The molecule has 0 heterocycles. The minimum Gasteiger partial charge on any atom is -0.465 e. The van der Waals surface area contributed by atoms with Crippen LogP contribution in [-0.4, -0.2) is 25.2 Å². The van der Waals surface area contributed by atoms with Gasteiger partial charge in [0.2, 0.25) is 0 Å². The monoisotopic (exact) mass is 735 g/mol. The van der Waals surface area contributed by atoms with Crippen molar-refractivity contribution >= 4 is 11.9 Å². The summed E-state index contributed by atoms with van der Waals surface area (Å²) in [6.45, 7) is 12.4. The Bertz CT molecular complexity index is 680. The lowest BCUT2D eigenvalue weighted by molar-refractivity contribution is -0.162. The Balaban J connectivity index is 4.02. The highest BCUT2D eigenvalue weighted by atomic mass is 16.6. The predicted octanol–water partition coefficient (Wildman–Crippen LogP) is 16.1. The van der Waals surface area contributed by atoms with E-state index in [2.05, 4.69) is 34.6 Å². The zero-order chi connectivity index (χ0) is 38.2. The number of hydrogen-bond acceptors (Lipinski definition) is 4. The number of ether oxygens (including phenoxy) is 2. The van der Waals surface area contributed by atoms with Gasteiger partial charge in [0, 0.05) is 0 Å². The normalized spacial score (nSPS) is 11.7. The van der Waals surface area contributed by atoms with E-state index < -0.39 is 5.92 Å². The number of unbranched alkanes of at least 4 members (excludes halogenated alkanes) is 30. The number of esters is 2. The third-order valence-corrected chi connectivity index (χ3v) is 11.0. The Labute approximate surface area is 326 Å². The smallest absolute Gasteiger partial charge is 0.320 e. The zero-order valence-electron chi connectivity index (χ0n) is 36.2. The SMILES string of the molecule is CCCCCCCCCC(C(=O)OCCCCCCCCCCCCCCCC(C)C)C(=O)OCCCCCCCCCCCCCCCC(C)C. The van der Waals surface area contributed by atoms with E-state index in [0.717, 1.165) is 50.4 Å². The van der Waals surface area contributed by atoms with Crippen molar-refractivity contribution < 1.29 is 19.1 Å². The van der Waals surface area contributed by atoms with Crippen LogP contribution < -0.4 is 0 Å². The van der Waals surface area contributed by atoms with Crippen molar-refractivity contribution in [1.29, 1.82) is 0 Å². The number of carbonyl (C=O) groups is 2. The molecule has 4 nitrogen and oxygen atoms in total. The average molecular weight is 735 g/mol. The Morgan fingerprint density at radius 3 is 0.827 bits per heavy atom. The predicted molar refractivity (Wildman–Crippen MR) is 227 cm³/mol. The first-order valence-electron chi connectivity index (χ1n) is 23.7. The molecule has 52 heavy (non-hydrogen) atoms. The molecule has 0 unspecified atom stereocenters. The second-order valence-electron chi connectivity index (χ2n) is 17.4. The van der Waals surface area contributed by atoms with Crippen LogP contribution >= 0.6 is 0 Å². The van der Waals surface area contributed by atoms with Crippen LogP contribution in [0.25, 0.3) is 0 Å². The van der Waals surface area contributed by atoms with Crippen molar-refractivity contribution in [3.05, 3.63) is 0 Å². The van der Waals surface area contributed by atoms with Gasteiger partial charge in [-0.05, 0) is 31.1 Å². The number of rotatable bonds is 42. The maximum atomic E-state index is 13.0. The first-order chi connectivity index (χ1) is 25.4. The van der Waals surface area contributed by atoms with Crippen LogP contribution in [0, 0.1) is 17.8 Å². The van der Waals surface area contributed by atoms with Gasteiger partial charge in [-0.25, -0.2) is 0 Å². The molecule has 0 saturated carbocycles. The van der Waals surface area contributed by atoms with Crippen LogP contribution in [0.3, 0.4) is 0 Å². The fraction of sp³-hybridized carbons (Fsp3) is 0.958. The topological polar surface area (TPSA) is 52.6 Å². The van der Waals surface area contributed by atoms with E-state index in [4.69, 9.17) is 9.47 Å². The molecule has 0 amide bonds. The van der Waals surface area contributed by atoms with Crippen LogP contribution in [0.1, 0.15) is 266 Å². The second kappa shape index (κ2) is 41.1. The molecule has 0 aromatic rings. The van der Waals surface area contributed by atoms with Crippen molar-refractivity contribution in [2.75, 3.05) is 13.2 Å². The molecule has 0 rings (SSSR count). The molecular weight excluding hydrogens is 641 g/mol. The summed E-state index contributed by atoms with van der Waals surface area (Å²) < 4.78 is 11.3. The van der Waals surface area contributed by atoms with Gasteiger partial charge in [0.05, 0.1) is 13.2 Å². The van der Waals surface area contributed by atoms with Gasteiger partial charge in [-0.2, -0.15) is 0 Å². The Morgan fingerprint density at radius 1 is 0.327 bits per heavy atom. The molecule has 0 saturated heterocycles. The molecule has 0 atom stereocenters. The van der Waals surface area contributed by atoms with Crippen LogP contribution in [0.15, 0.2) is 0 Å². The molecule has 0 radical (unpaired) electrons. The first-order valence-corrected chi connectivity index (χ1v) is 23.7. The van der Waals surface area contributed by atoms with Gasteiger partial charge in [0.1, 0.15) is 0 Å². The minimum atomic E-state index is -0.754. The lowest BCUT2D eigenvalue weighted by Crippen LogP contribution is -2.28. The van der Waals surface area contributed by atoms with E-state index >= 15 is 0 Å². The Morgan fingerprint density at radius 2 is 0.558 bits per heavy atom. The largest absolute Gasteiger partial charge is 0.465 e. The highest BCUT2D eigenvalue weighted by Crippen LogP contribution is 2.19. The van der Waals surface area contributed by atoms with Gasteiger partial charge >= 0.3 is 11.9 Å². The fourth-order valence-electron chi connectivity index (χ4n) is 7.38. The van der Waals surface area contributed by atoms with Crippen molar-refractivity contribution in [3.8, 4) is 0 Å². The summed E-state index contributed by atoms with van der Waals surface area (Å²) in [4.78, 5) is 26.0. The molecule has 0 bridgehead atoms. The van der Waals surface area contributed by atoms with E-state index in [0.29, 0.717) is 19.6 Å². The Kier molecular flexibility index (Phi) is 40.3. The lowest BCUT2D eigenvalue weighted by atomic mass is 10.00. The third kappa shape index (κ3) is 38.7. The highest BCUT2D eigenvalue weighted by Gasteiger charge is 2.29. The lowest BCUT2D eigenvalue weighted by Gasteiger charge is -2.15. The maximum Gasteiger partial charge on any atom is 0.320 e. The van der Waals surface area contributed by atoms with Crippen molar-refractivity contribution in [3.63, 3.8) is 0 Å². The first kappa shape index (κ1) is 50.9. The van der Waals surface area contributed by atoms with Gasteiger partial charge in [-0.3, -0.25) is 9.59 Å². The number of hydrogen-bond donors (Lipinski definition) is 0. The van der Waals surface area contributed by atoms with E-state index in [-0.39, 0.29) is 11.9 Å². The minimum absolute atomic E-state index is 0.359. The molecular formula is C48H94O4. The van der Waals surface area contributed by atoms with Crippen LogP contribution in [0.2, 0.25) is 0 Å². The molecule has 310 valence electrons. The van der Waals surface area contributed by atoms with E-state index in [1.807, 2.05) is 0 Å². The summed E-state index contributed by atoms with van der Waals surface area (Å²) in [6.07, 6.45) is 45.4. The molecule has 0 aliphatic rings. The summed E-state index contributed by atoms with van der Waals surface area (Å²) in [5.74, 6) is 0.232. The van der Waals surface area contributed by atoms with E-state index in [1.54, 1.807) is 0 Å². The highest BCUT2D eigenvalue weighted by molar-refractivity contribution is 5.94. The molecule has 0 fully saturated rings. The standard InChI is InChI=1S/C48H94O4/c1-6-7-8-9-24-31-36-41-46(47(49)51-42-37-32-27-22-18-14-10-12-16-20-25-29-34-39-44(2)3)48(50)52-43-38-33-28-23-19-15-11-13-17-21-26-30-35-40-45(4)5/h44-46H,6-43H2,1-5H3. The van der Waals surface area contributed by atoms with Crippen molar-refractivity contribution in [1.82, 2.24) is 0 Å². The molecule has 4 heteroatoms. The molecule has 0 spiro atoms. The van der Waals surface area contributed by atoms with Crippen LogP contribution in [0.4, 0.5) is 0 Å². The molecule has 0 aliphatic carbocycles. The summed E-state index contributed by atoms with van der Waals surface area (Å²) in [5, 5.41) is 0. The number of carbonyl (C=O) groups excluding carboxylic acids is 2. The molecule has 0 N–H and O–H groups in total. The van der Waals surface area contributed by atoms with Crippen LogP contribution in [0.5, 0.6) is 0 Å². The molecule has 0 aromatic heterocycles. The third-order valence-electron chi connectivity index (χ3n) is 11.0. The molecule has 0 aliphatic heterocycles. The van der Waals surface area contributed by atoms with Gasteiger partial charge in [0.25, 0.3) is 0 Å². The summed E-state index contributed by atoms with van der Waals surface area (Å²) in [7, 11) is 0. The molecule has 0 aromatic carbocycles. The summed E-state index contributed by atoms with van der Waals surface area (Å²) in [6, 6.07) is 0. The van der Waals surface area contributed by atoms with Crippen molar-refractivity contribution in [2.45, 2.75) is 266 Å². The summed E-state index contributed by atoms with van der Waals surface area (Å²) >= 11 is 0. The second-order valence-corrected chi connectivity index (χ2v) is 17.4. The van der Waals surface area contributed by atoms with E-state index in [1.165, 1.54) is 186 Å². The quantitative estimate of drug-likeness (QED) is 0.0356. The van der Waals surface area contributed by atoms with Gasteiger partial charge < -0.3 is 9.47 Å². The van der Waals surface area contributed by atoms with Gasteiger partial charge in [-0.1, -0.05) is 247 Å². The summed E-state index contributed by atoms with van der Waals surface area (Å²) in [5.41, 5.74) is 0. The zero-order valence-corrected chi connectivity index (χ0v) is 36.2. The van der Waals surface area contributed by atoms with Gasteiger partial charge in [-0.15, -0.1) is 0 Å². The van der Waals surface area contributed by atoms with Gasteiger partial charge in [0.15, 0.2) is 5.92 Å². The van der Waals surface area contributed by atoms with Crippen molar-refractivity contribution in [2.24, 2.45) is 17.8 Å². The van der Waals surface area contributed by atoms with Crippen LogP contribution in [-0.2, 0) is 19.1 Å². The maximum absolute atomic E-state index is 13.0. The Hall–Kier alpha value is -1.06. The average Bonchev–Trinajstić information content (AvgIpc) is 3.11. The fourth-order valence-corrected chi connectivity index (χ4v) is 7.38.